The maximum atomic E-state index is 12.9. The van der Waals surface area contributed by atoms with Gasteiger partial charge in [-0.3, -0.25) is 18.5 Å². The Hall–Kier alpha value is -2.87. The quantitative estimate of drug-likeness (QED) is 0.673. The van der Waals surface area contributed by atoms with Crippen LogP contribution in [0, 0.1) is 5.92 Å². The Morgan fingerprint density at radius 3 is 2.43 bits per heavy atom. The second-order valence-electron chi connectivity index (χ2n) is 7.41. The van der Waals surface area contributed by atoms with Gasteiger partial charge in [0.15, 0.2) is 11.2 Å². The predicted octanol–water partition coefficient (Wildman–Crippen LogP) is 1.97. The number of hydrogen-bond acceptors (Lipinski definition) is 5. The largest absolute Gasteiger partial charge is 0.332 e. The Morgan fingerprint density at radius 2 is 1.79 bits per heavy atom. The molecule has 3 heterocycles. The van der Waals surface area contributed by atoms with Crippen molar-refractivity contribution in [2.24, 2.45) is 25.1 Å². The molecule has 0 aliphatic carbocycles. The van der Waals surface area contributed by atoms with Gasteiger partial charge in [-0.15, -0.1) is 0 Å². The average Bonchev–Trinajstić information content (AvgIpc) is 3.05. The lowest BCUT2D eigenvalue weighted by Crippen LogP contribution is -2.38. The lowest BCUT2D eigenvalue weighted by Gasteiger charge is -2.27. The summed E-state index contributed by atoms with van der Waals surface area (Å²) >= 11 is 6.02. The minimum absolute atomic E-state index is 0.327. The van der Waals surface area contributed by atoms with Crippen LogP contribution in [0.1, 0.15) is 19.4 Å². The van der Waals surface area contributed by atoms with Gasteiger partial charge >= 0.3 is 5.69 Å². The highest BCUT2D eigenvalue weighted by Crippen LogP contribution is 2.26. The molecule has 146 valence electrons. The summed E-state index contributed by atoms with van der Waals surface area (Å²) in [5.74, 6) is 0.896. The summed E-state index contributed by atoms with van der Waals surface area (Å²) in [7, 11) is 3.10. The van der Waals surface area contributed by atoms with Crippen LogP contribution in [0.2, 0.25) is 5.02 Å². The first-order valence-electron chi connectivity index (χ1n) is 9.05. The monoisotopic (exact) mass is 400 g/mol. The molecule has 1 aliphatic heterocycles. The fourth-order valence-corrected chi connectivity index (χ4v) is 3.54. The van der Waals surface area contributed by atoms with Crippen molar-refractivity contribution in [3.05, 3.63) is 55.7 Å². The normalized spacial score (nSPS) is 13.9. The van der Waals surface area contributed by atoms with Crippen molar-refractivity contribution < 1.29 is 0 Å². The maximum absolute atomic E-state index is 12.9. The Labute approximate surface area is 166 Å². The van der Waals surface area contributed by atoms with Crippen LogP contribution >= 0.6 is 11.6 Å². The van der Waals surface area contributed by atoms with Crippen LogP contribution in [-0.2, 0) is 20.6 Å². The number of nitrogens with zero attached hydrogens (tertiary/aromatic N) is 6. The smallest absolute Gasteiger partial charge is 0.297 e. The number of fused-ring (bicyclic) bond motifs is 3. The van der Waals surface area contributed by atoms with Crippen molar-refractivity contribution >= 4 is 34.4 Å². The molecular weight excluding hydrogens is 380 g/mol. The number of hydrogen-bond donors (Lipinski definition) is 0. The highest BCUT2D eigenvalue weighted by molar-refractivity contribution is 6.30. The molecule has 0 saturated carbocycles. The van der Waals surface area contributed by atoms with Gasteiger partial charge in [-0.2, -0.15) is 10.1 Å². The molecule has 0 unspecified atom stereocenters. The molecule has 0 radical (unpaired) electrons. The van der Waals surface area contributed by atoms with E-state index in [1.165, 1.54) is 11.6 Å². The highest BCUT2D eigenvalue weighted by atomic mass is 35.5. The molecule has 1 aromatic carbocycles. The van der Waals surface area contributed by atoms with Gasteiger partial charge in [-0.25, -0.2) is 9.80 Å². The molecule has 1 aliphatic rings. The molecule has 2 aromatic heterocycles. The number of imidazole rings is 1. The summed E-state index contributed by atoms with van der Waals surface area (Å²) in [6, 6.07) is 7.45. The van der Waals surface area contributed by atoms with Crippen molar-refractivity contribution in [1.29, 1.82) is 0 Å². The number of aryl methyl sites for hydroxylation is 1. The number of hydrazone groups is 1. The zero-order valence-electron chi connectivity index (χ0n) is 16.2. The topological polar surface area (TPSA) is 77.4 Å². The second kappa shape index (κ2) is 6.63. The lowest BCUT2D eigenvalue weighted by molar-refractivity contribution is 0.595. The molecule has 0 bridgehead atoms. The van der Waals surface area contributed by atoms with Gasteiger partial charge in [0.1, 0.15) is 0 Å². The van der Waals surface area contributed by atoms with Gasteiger partial charge in [0.05, 0.1) is 12.3 Å². The van der Waals surface area contributed by atoms with Gasteiger partial charge < -0.3 is 0 Å². The number of halogens is 1. The summed E-state index contributed by atoms with van der Waals surface area (Å²) in [5, 5.41) is 7.25. The first kappa shape index (κ1) is 18.5. The van der Waals surface area contributed by atoms with E-state index in [0.29, 0.717) is 41.1 Å². The minimum Gasteiger partial charge on any atom is -0.297 e. The third kappa shape index (κ3) is 2.84. The zero-order chi connectivity index (χ0) is 20.2. The van der Waals surface area contributed by atoms with E-state index in [2.05, 4.69) is 18.8 Å². The zero-order valence-corrected chi connectivity index (χ0v) is 16.9. The van der Waals surface area contributed by atoms with E-state index in [9.17, 15) is 9.59 Å². The van der Waals surface area contributed by atoms with Crippen molar-refractivity contribution in [1.82, 2.24) is 18.7 Å². The van der Waals surface area contributed by atoms with Crippen molar-refractivity contribution in [3.63, 3.8) is 0 Å². The molecule has 0 fully saturated rings. The van der Waals surface area contributed by atoms with Crippen LogP contribution < -0.4 is 16.3 Å². The highest BCUT2D eigenvalue weighted by Gasteiger charge is 2.28. The third-order valence-corrected chi connectivity index (χ3v) is 5.08. The Bertz CT molecular complexity index is 1220. The van der Waals surface area contributed by atoms with Gasteiger partial charge in [0, 0.05) is 25.7 Å². The summed E-state index contributed by atoms with van der Waals surface area (Å²) in [4.78, 5) is 29.8. The fraction of sp³-hybridized carbons (Fsp3) is 0.368. The van der Waals surface area contributed by atoms with E-state index < -0.39 is 5.69 Å². The molecule has 0 amide bonds. The van der Waals surface area contributed by atoms with E-state index in [-0.39, 0.29) is 5.56 Å². The molecular formula is C19H21ClN6O2. The molecule has 0 spiro atoms. The maximum Gasteiger partial charge on any atom is 0.332 e. The van der Waals surface area contributed by atoms with Crippen molar-refractivity contribution in [2.45, 2.75) is 20.4 Å². The molecule has 0 atom stereocenters. The van der Waals surface area contributed by atoms with Gasteiger partial charge in [0.2, 0.25) is 5.95 Å². The summed E-state index contributed by atoms with van der Waals surface area (Å²) in [6.45, 7) is 5.20. The summed E-state index contributed by atoms with van der Waals surface area (Å²) in [5.41, 5.74) is 1.73. The average molecular weight is 401 g/mol. The Morgan fingerprint density at radius 1 is 1.11 bits per heavy atom. The number of benzene rings is 1. The summed E-state index contributed by atoms with van der Waals surface area (Å²) < 4.78 is 4.35. The first-order valence-corrected chi connectivity index (χ1v) is 9.43. The van der Waals surface area contributed by atoms with Gasteiger partial charge in [-0.1, -0.05) is 37.6 Å². The minimum atomic E-state index is -0.401. The standard InChI is InChI=1S/C19H21ClN6O2/c1-11(2)9-26-18-21-16-15(17(27)24(4)19(28)23(16)3)25(18)10-14(22-26)12-5-7-13(20)8-6-12/h5-8,11H,9-10H2,1-4H3. The van der Waals surface area contributed by atoms with Gasteiger partial charge in [0.25, 0.3) is 5.56 Å². The molecule has 28 heavy (non-hydrogen) atoms. The van der Waals surface area contributed by atoms with Gasteiger partial charge in [-0.05, 0) is 23.6 Å². The second-order valence-corrected chi connectivity index (χ2v) is 7.84. The lowest BCUT2D eigenvalue weighted by atomic mass is 10.1. The van der Waals surface area contributed by atoms with Crippen LogP contribution in [0.15, 0.2) is 39.0 Å². The first-order chi connectivity index (χ1) is 13.3. The van der Waals surface area contributed by atoms with Crippen LogP contribution in [0.25, 0.3) is 11.2 Å². The van der Waals surface area contributed by atoms with Crippen molar-refractivity contribution in [3.8, 4) is 0 Å². The predicted molar refractivity (Wildman–Crippen MR) is 110 cm³/mol. The molecule has 0 N–H and O–H groups in total. The van der Waals surface area contributed by atoms with Crippen LogP contribution in [0.4, 0.5) is 5.95 Å². The molecule has 3 aromatic rings. The fourth-order valence-electron chi connectivity index (χ4n) is 3.41. The Kier molecular flexibility index (Phi) is 4.38. The SMILES string of the molecule is CC(C)CN1N=C(c2ccc(Cl)cc2)Cn2c1nc1c2c(=O)n(C)c(=O)n1C. The number of anilines is 1. The molecule has 8 nitrogen and oxygen atoms in total. The molecule has 4 rings (SSSR count). The Balaban J connectivity index is 1.96. The van der Waals surface area contributed by atoms with Crippen molar-refractivity contribution in [2.75, 3.05) is 11.6 Å². The van der Waals surface area contributed by atoms with Crippen LogP contribution in [0.5, 0.6) is 0 Å². The third-order valence-electron chi connectivity index (χ3n) is 4.82. The van der Waals surface area contributed by atoms with E-state index in [1.54, 1.807) is 7.05 Å². The molecule has 9 heteroatoms. The van der Waals surface area contributed by atoms with E-state index in [0.717, 1.165) is 15.8 Å². The van der Waals surface area contributed by atoms with Crippen LogP contribution in [0.3, 0.4) is 0 Å². The van der Waals surface area contributed by atoms with E-state index >= 15 is 0 Å². The number of aromatic nitrogens is 4. The van der Waals surface area contributed by atoms with Crippen LogP contribution in [-0.4, -0.2) is 30.9 Å². The summed E-state index contributed by atoms with van der Waals surface area (Å²) in [6.07, 6.45) is 0. The van der Waals surface area contributed by atoms with E-state index in [1.807, 2.05) is 33.8 Å². The molecule has 0 saturated heterocycles. The van der Waals surface area contributed by atoms with E-state index in [4.69, 9.17) is 16.7 Å². The number of rotatable bonds is 3.